The van der Waals surface area contributed by atoms with Gasteiger partial charge in [0.2, 0.25) is 5.78 Å². The molecule has 4 heteroatoms. The summed E-state index contributed by atoms with van der Waals surface area (Å²) < 4.78 is 0. The minimum absolute atomic E-state index is 0.0949. The second-order valence-electron chi connectivity index (χ2n) is 2.99. The van der Waals surface area contributed by atoms with Crippen LogP contribution in [-0.4, -0.2) is 16.7 Å². The predicted octanol–water partition coefficient (Wildman–Crippen LogP) is 1.09. The van der Waals surface area contributed by atoms with Crippen LogP contribution < -0.4 is 5.73 Å². The van der Waals surface area contributed by atoms with Crippen molar-refractivity contribution >= 4 is 17.3 Å². The largest absolute Gasteiger partial charge is 0.504 e. The van der Waals surface area contributed by atoms with Crippen molar-refractivity contribution in [1.29, 1.82) is 0 Å². The second-order valence-corrected chi connectivity index (χ2v) is 2.99. The maximum absolute atomic E-state index is 11.4. The van der Waals surface area contributed by atoms with E-state index in [1.807, 2.05) is 0 Å². The molecule has 14 heavy (non-hydrogen) atoms. The Morgan fingerprint density at radius 2 is 1.93 bits per heavy atom. The Hall–Kier alpha value is -2.10. The maximum atomic E-state index is 11.4. The minimum atomic E-state index is -0.599. The molecule has 0 heterocycles. The normalized spacial score (nSPS) is 15.0. The van der Waals surface area contributed by atoms with E-state index in [0.717, 1.165) is 6.08 Å². The Balaban J connectivity index is 2.76. The summed E-state index contributed by atoms with van der Waals surface area (Å²) in [5.74, 6) is -1.55. The molecule has 1 aromatic rings. The van der Waals surface area contributed by atoms with Crippen molar-refractivity contribution in [2.45, 2.75) is 0 Å². The third-order valence-electron chi connectivity index (χ3n) is 2.09. The zero-order chi connectivity index (χ0) is 10.3. The van der Waals surface area contributed by atoms with Crippen molar-refractivity contribution in [2.24, 2.45) is 0 Å². The van der Waals surface area contributed by atoms with Gasteiger partial charge in [0.05, 0.1) is 5.56 Å². The molecule has 1 aliphatic carbocycles. The number of allylic oxidation sites excluding steroid dienone is 2. The van der Waals surface area contributed by atoms with Crippen LogP contribution in [0.15, 0.2) is 30.0 Å². The first-order valence-corrected chi connectivity index (χ1v) is 3.99. The number of carbonyl (C=O) groups excluding carboxylic acids is 2. The lowest BCUT2D eigenvalue weighted by atomic mass is 9.92. The lowest BCUT2D eigenvalue weighted by Crippen LogP contribution is -2.18. The number of hydrogen-bond acceptors (Lipinski definition) is 4. The Labute approximate surface area is 79.7 Å². The van der Waals surface area contributed by atoms with Crippen molar-refractivity contribution in [3.63, 3.8) is 0 Å². The topological polar surface area (TPSA) is 80.4 Å². The van der Waals surface area contributed by atoms with E-state index in [0.29, 0.717) is 0 Å². The van der Waals surface area contributed by atoms with E-state index in [4.69, 9.17) is 10.8 Å². The Bertz CT molecular complexity index is 474. The molecule has 3 N–H and O–H groups in total. The zero-order valence-electron chi connectivity index (χ0n) is 7.15. The van der Waals surface area contributed by atoms with E-state index >= 15 is 0 Å². The van der Waals surface area contributed by atoms with Crippen molar-refractivity contribution in [2.75, 3.05) is 5.73 Å². The van der Waals surface area contributed by atoms with Gasteiger partial charge in [0.1, 0.15) is 0 Å². The molecule has 0 bridgehead atoms. The van der Waals surface area contributed by atoms with Gasteiger partial charge in [0, 0.05) is 17.3 Å². The maximum Gasteiger partial charge on any atom is 0.230 e. The number of benzene rings is 1. The van der Waals surface area contributed by atoms with E-state index < -0.39 is 17.3 Å². The van der Waals surface area contributed by atoms with Crippen LogP contribution >= 0.6 is 0 Å². The van der Waals surface area contributed by atoms with E-state index in [9.17, 15) is 9.59 Å². The van der Waals surface area contributed by atoms with Gasteiger partial charge in [-0.3, -0.25) is 9.59 Å². The fourth-order valence-electron chi connectivity index (χ4n) is 1.42. The summed E-state index contributed by atoms with van der Waals surface area (Å²) >= 11 is 0. The number of nitrogen functional groups attached to an aromatic ring is 1. The zero-order valence-corrected chi connectivity index (χ0v) is 7.15. The molecule has 2 rings (SSSR count). The number of aliphatic hydroxyl groups is 1. The monoisotopic (exact) mass is 189 g/mol. The van der Waals surface area contributed by atoms with Crippen molar-refractivity contribution in [3.8, 4) is 0 Å². The highest BCUT2D eigenvalue weighted by atomic mass is 16.3. The van der Waals surface area contributed by atoms with Gasteiger partial charge in [-0.15, -0.1) is 0 Å². The predicted molar refractivity (Wildman–Crippen MR) is 50.2 cm³/mol. The van der Waals surface area contributed by atoms with E-state index in [1.165, 1.54) is 12.1 Å². The highest BCUT2D eigenvalue weighted by Gasteiger charge is 2.26. The van der Waals surface area contributed by atoms with Gasteiger partial charge in [-0.2, -0.15) is 0 Å². The summed E-state index contributed by atoms with van der Waals surface area (Å²) in [6.45, 7) is 0. The van der Waals surface area contributed by atoms with Gasteiger partial charge in [0.25, 0.3) is 0 Å². The second kappa shape index (κ2) is 2.70. The molecule has 0 atom stereocenters. The van der Waals surface area contributed by atoms with Gasteiger partial charge < -0.3 is 10.8 Å². The molecule has 0 aromatic heterocycles. The van der Waals surface area contributed by atoms with Gasteiger partial charge in [-0.1, -0.05) is 12.1 Å². The van der Waals surface area contributed by atoms with Crippen LogP contribution in [0, 0.1) is 0 Å². The summed E-state index contributed by atoms with van der Waals surface area (Å²) in [7, 11) is 0. The van der Waals surface area contributed by atoms with Crippen LogP contribution in [0.3, 0.4) is 0 Å². The third-order valence-corrected chi connectivity index (χ3v) is 2.09. The summed E-state index contributed by atoms with van der Waals surface area (Å²) in [5.41, 5.74) is 6.09. The molecule has 70 valence electrons. The Morgan fingerprint density at radius 1 is 1.21 bits per heavy atom. The molecule has 4 nitrogen and oxygen atoms in total. The molecular formula is C10H7NO3. The number of nitrogens with two attached hydrogens (primary N) is 1. The number of carbonyl (C=O) groups is 2. The number of ketones is 2. The fraction of sp³-hybridized carbons (Fsp3) is 0. The van der Waals surface area contributed by atoms with Gasteiger partial charge >= 0.3 is 0 Å². The standard InChI is InChI=1S/C10H7NO3/c11-6-3-1-2-5-7(12)4-8(13)10(14)9(5)6/h1-4,13H,11H2. The molecule has 0 fully saturated rings. The number of hydrogen-bond donors (Lipinski definition) is 2. The molecular weight excluding hydrogens is 182 g/mol. The SMILES string of the molecule is Nc1cccc2c1C(=O)C(O)=CC2=O. The smallest absolute Gasteiger partial charge is 0.230 e. The molecule has 0 saturated carbocycles. The summed E-state index contributed by atoms with van der Waals surface area (Å²) in [6.07, 6.45) is 0.907. The lowest BCUT2D eigenvalue weighted by Gasteiger charge is -2.12. The molecule has 0 aliphatic heterocycles. The Morgan fingerprint density at radius 3 is 2.64 bits per heavy atom. The minimum Gasteiger partial charge on any atom is -0.504 e. The van der Waals surface area contributed by atoms with E-state index in [1.54, 1.807) is 6.07 Å². The number of rotatable bonds is 0. The van der Waals surface area contributed by atoms with Gasteiger partial charge in [-0.05, 0) is 6.07 Å². The average molecular weight is 189 g/mol. The van der Waals surface area contributed by atoms with Crippen molar-refractivity contribution < 1.29 is 14.7 Å². The molecule has 0 spiro atoms. The van der Waals surface area contributed by atoms with Crippen LogP contribution in [0.4, 0.5) is 5.69 Å². The molecule has 0 saturated heterocycles. The molecule has 1 aromatic carbocycles. The van der Waals surface area contributed by atoms with Crippen LogP contribution in [0.2, 0.25) is 0 Å². The summed E-state index contributed by atoms with van der Waals surface area (Å²) in [4.78, 5) is 22.8. The molecule has 1 aliphatic rings. The summed E-state index contributed by atoms with van der Waals surface area (Å²) in [5, 5.41) is 9.15. The Kier molecular flexibility index (Phi) is 1.64. The number of Topliss-reactive ketones (excluding diaryl/α,β-unsaturated/α-hetero) is 1. The number of fused-ring (bicyclic) bond motifs is 1. The number of aliphatic hydroxyl groups excluding tert-OH is 1. The molecule has 0 radical (unpaired) electrons. The van der Waals surface area contributed by atoms with Crippen LogP contribution in [0.1, 0.15) is 20.7 Å². The van der Waals surface area contributed by atoms with Crippen molar-refractivity contribution in [3.05, 3.63) is 41.2 Å². The highest BCUT2D eigenvalue weighted by Crippen LogP contribution is 2.24. The fourth-order valence-corrected chi connectivity index (χ4v) is 1.42. The van der Waals surface area contributed by atoms with Gasteiger partial charge in [-0.25, -0.2) is 0 Å². The van der Waals surface area contributed by atoms with Gasteiger partial charge in [0.15, 0.2) is 11.5 Å². The summed E-state index contributed by atoms with van der Waals surface area (Å²) in [6, 6.07) is 4.62. The molecule has 0 amide bonds. The quantitative estimate of drug-likeness (QED) is 0.598. The van der Waals surface area contributed by atoms with Crippen LogP contribution in [0.5, 0.6) is 0 Å². The highest BCUT2D eigenvalue weighted by molar-refractivity contribution is 6.25. The first-order chi connectivity index (χ1) is 6.61. The number of anilines is 1. The third kappa shape index (κ3) is 1.01. The first-order valence-electron chi connectivity index (χ1n) is 3.99. The van der Waals surface area contributed by atoms with Crippen LogP contribution in [-0.2, 0) is 0 Å². The van der Waals surface area contributed by atoms with Crippen LogP contribution in [0.25, 0.3) is 0 Å². The first kappa shape index (κ1) is 8.50. The average Bonchev–Trinajstić information content (AvgIpc) is 2.14. The van der Waals surface area contributed by atoms with Crippen molar-refractivity contribution in [1.82, 2.24) is 0 Å². The van der Waals surface area contributed by atoms with E-state index in [2.05, 4.69) is 0 Å². The van der Waals surface area contributed by atoms with E-state index in [-0.39, 0.29) is 16.8 Å². The molecule has 0 unspecified atom stereocenters. The lowest BCUT2D eigenvalue weighted by molar-refractivity contribution is 0.0940.